The van der Waals surface area contributed by atoms with E-state index in [0.717, 1.165) is 29.0 Å². The molecule has 0 spiro atoms. The summed E-state index contributed by atoms with van der Waals surface area (Å²) in [6.07, 6.45) is 7.25. The monoisotopic (exact) mass is 449 g/mol. The van der Waals surface area contributed by atoms with Crippen molar-refractivity contribution in [3.8, 4) is 5.75 Å². The number of carbonyl (C=O) groups excluding carboxylic acids is 1. The number of aryl methyl sites for hydroxylation is 2. The summed E-state index contributed by atoms with van der Waals surface area (Å²) in [5, 5.41) is 12.2. The second kappa shape index (κ2) is 9.70. The van der Waals surface area contributed by atoms with E-state index in [1.807, 2.05) is 61.3 Å². The highest BCUT2D eigenvalue weighted by molar-refractivity contribution is 6.30. The number of amides is 1. The number of anilines is 1. The lowest BCUT2D eigenvalue weighted by Gasteiger charge is -2.10. The molecule has 0 saturated heterocycles. The molecule has 0 aliphatic carbocycles. The maximum absolute atomic E-state index is 12.7. The maximum atomic E-state index is 12.7. The van der Waals surface area contributed by atoms with Crippen LogP contribution in [0.15, 0.2) is 67.3 Å². The summed E-state index contributed by atoms with van der Waals surface area (Å²) < 4.78 is 9.53. The van der Waals surface area contributed by atoms with E-state index in [1.54, 1.807) is 29.2 Å². The maximum Gasteiger partial charge on any atom is 0.255 e. The Morgan fingerprint density at radius 1 is 1.06 bits per heavy atom. The van der Waals surface area contributed by atoms with E-state index < -0.39 is 0 Å². The van der Waals surface area contributed by atoms with Gasteiger partial charge < -0.3 is 10.1 Å². The normalized spacial score (nSPS) is 10.8. The molecule has 2 heterocycles. The lowest BCUT2D eigenvalue weighted by Crippen LogP contribution is -2.12. The van der Waals surface area contributed by atoms with Gasteiger partial charge in [0.2, 0.25) is 0 Å². The Bertz CT molecular complexity index is 1230. The fraction of sp³-hybridized carbons (Fsp3) is 0.208. The highest BCUT2D eigenvalue weighted by Crippen LogP contribution is 2.23. The molecule has 0 radical (unpaired) electrons. The molecule has 2 aromatic heterocycles. The predicted octanol–water partition coefficient (Wildman–Crippen LogP) is 4.94. The Balaban J connectivity index is 1.37. The first-order chi connectivity index (χ1) is 15.5. The third kappa shape index (κ3) is 5.36. The Kier molecular flexibility index (Phi) is 6.56. The van der Waals surface area contributed by atoms with E-state index in [4.69, 9.17) is 16.3 Å². The number of benzene rings is 2. The number of aromatic nitrogens is 4. The average Bonchev–Trinajstić information content (AvgIpc) is 3.43. The van der Waals surface area contributed by atoms with Crippen LogP contribution in [0.1, 0.15) is 34.0 Å². The Morgan fingerprint density at radius 2 is 1.91 bits per heavy atom. The molecule has 0 bridgehead atoms. The van der Waals surface area contributed by atoms with Gasteiger partial charge >= 0.3 is 0 Å². The zero-order chi connectivity index (χ0) is 22.5. The van der Waals surface area contributed by atoms with Crippen LogP contribution in [-0.2, 0) is 19.7 Å². The van der Waals surface area contributed by atoms with Gasteiger partial charge in [-0.25, -0.2) is 0 Å². The zero-order valence-corrected chi connectivity index (χ0v) is 18.7. The number of nitrogens with one attached hydrogen (secondary N) is 1. The van der Waals surface area contributed by atoms with Gasteiger partial charge in [0, 0.05) is 35.1 Å². The van der Waals surface area contributed by atoms with Crippen LogP contribution in [0.25, 0.3) is 0 Å². The van der Waals surface area contributed by atoms with E-state index >= 15 is 0 Å². The quantitative estimate of drug-likeness (QED) is 0.413. The molecule has 7 nitrogen and oxygen atoms in total. The molecule has 1 amide bonds. The van der Waals surface area contributed by atoms with Crippen LogP contribution in [0.2, 0.25) is 5.02 Å². The summed E-state index contributed by atoms with van der Waals surface area (Å²) >= 11 is 6.00. The van der Waals surface area contributed by atoms with Crippen molar-refractivity contribution >= 4 is 23.2 Å². The van der Waals surface area contributed by atoms with Crippen LogP contribution in [0.4, 0.5) is 5.69 Å². The SMILES string of the molecule is CCn1cc(Cn2cc(NC(=O)c3cccc(COc4ccc(Cl)cc4C)c3)cn2)cn1. The number of ether oxygens (including phenoxy) is 1. The van der Waals surface area contributed by atoms with Crippen LogP contribution in [0, 0.1) is 6.92 Å². The van der Waals surface area contributed by atoms with Gasteiger partial charge in [-0.15, -0.1) is 0 Å². The third-order valence-electron chi connectivity index (χ3n) is 4.97. The van der Waals surface area contributed by atoms with Crippen LogP contribution in [0.5, 0.6) is 5.75 Å². The highest BCUT2D eigenvalue weighted by Gasteiger charge is 2.10. The average molecular weight is 450 g/mol. The molecule has 2 aromatic carbocycles. The fourth-order valence-electron chi connectivity index (χ4n) is 3.30. The van der Waals surface area contributed by atoms with Gasteiger partial charge in [-0.05, 0) is 55.3 Å². The molecule has 0 fully saturated rings. The van der Waals surface area contributed by atoms with Gasteiger partial charge in [0.1, 0.15) is 12.4 Å². The number of carbonyl (C=O) groups is 1. The van der Waals surface area contributed by atoms with Gasteiger partial charge in [-0.1, -0.05) is 23.7 Å². The van der Waals surface area contributed by atoms with E-state index in [0.29, 0.717) is 29.4 Å². The number of nitrogens with zero attached hydrogens (tertiary/aromatic N) is 4. The van der Waals surface area contributed by atoms with Crippen molar-refractivity contribution in [1.82, 2.24) is 19.6 Å². The summed E-state index contributed by atoms with van der Waals surface area (Å²) in [4.78, 5) is 12.7. The largest absolute Gasteiger partial charge is 0.489 e. The summed E-state index contributed by atoms with van der Waals surface area (Å²) in [5.41, 5.74) is 4.10. The first kappa shape index (κ1) is 21.6. The molecule has 8 heteroatoms. The minimum absolute atomic E-state index is 0.201. The summed E-state index contributed by atoms with van der Waals surface area (Å²) in [5.74, 6) is 0.564. The van der Waals surface area contributed by atoms with Gasteiger partial charge in [0.15, 0.2) is 0 Å². The molecule has 0 atom stereocenters. The summed E-state index contributed by atoms with van der Waals surface area (Å²) in [7, 11) is 0. The van der Waals surface area contributed by atoms with Crippen LogP contribution in [-0.4, -0.2) is 25.5 Å². The second-order valence-corrected chi connectivity index (χ2v) is 7.92. The third-order valence-corrected chi connectivity index (χ3v) is 5.20. The van der Waals surface area contributed by atoms with Crippen molar-refractivity contribution in [1.29, 1.82) is 0 Å². The van der Waals surface area contributed by atoms with E-state index in [-0.39, 0.29) is 5.91 Å². The summed E-state index contributed by atoms with van der Waals surface area (Å²) in [6, 6.07) is 12.9. The lowest BCUT2D eigenvalue weighted by molar-refractivity contribution is 0.102. The number of hydrogen-bond acceptors (Lipinski definition) is 4. The zero-order valence-electron chi connectivity index (χ0n) is 18.0. The molecule has 1 N–H and O–H groups in total. The van der Waals surface area contributed by atoms with Crippen molar-refractivity contribution < 1.29 is 9.53 Å². The van der Waals surface area contributed by atoms with Gasteiger partial charge in [-0.2, -0.15) is 10.2 Å². The van der Waals surface area contributed by atoms with Crippen molar-refractivity contribution in [3.05, 3.63) is 94.5 Å². The topological polar surface area (TPSA) is 74.0 Å². The number of hydrogen-bond donors (Lipinski definition) is 1. The molecular formula is C24H24ClN5O2. The molecule has 0 unspecified atom stereocenters. The number of halogens is 1. The molecular weight excluding hydrogens is 426 g/mol. The van der Waals surface area contributed by atoms with Gasteiger partial charge in [0.05, 0.1) is 24.6 Å². The minimum atomic E-state index is -0.201. The van der Waals surface area contributed by atoms with E-state index in [1.165, 1.54) is 0 Å². The molecule has 32 heavy (non-hydrogen) atoms. The molecule has 0 aliphatic heterocycles. The first-order valence-electron chi connectivity index (χ1n) is 10.3. The predicted molar refractivity (Wildman–Crippen MR) is 124 cm³/mol. The van der Waals surface area contributed by atoms with Gasteiger partial charge in [-0.3, -0.25) is 14.2 Å². The van der Waals surface area contributed by atoms with E-state index in [9.17, 15) is 4.79 Å². The molecule has 4 aromatic rings. The molecule has 0 saturated carbocycles. The highest BCUT2D eigenvalue weighted by atomic mass is 35.5. The Morgan fingerprint density at radius 3 is 2.69 bits per heavy atom. The second-order valence-electron chi connectivity index (χ2n) is 7.48. The van der Waals surface area contributed by atoms with Crippen molar-refractivity contribution in [2.45, 2.75) is 33.5 Å². The molecule has 164 valence electrons. The lowest BCUT2D eigenvalue weighted by atomic mass is 10.1. The van der Waals surface area contributed by atoms with Crippen LogP contribution >= 0.6 is 11.6 Å². The molecule has 0 aliphatic rings. The Hall–Kier alpha value is -3.58. The standard InChI is InChI=1S/C24H24ClN5O2/c1-3-29-13-19(11-26-29)14-30-15-22(12-27-30)28-24(31)20-6-4-5-18(10-20)16-32-23-8-7-21(25)9-17(23)2/h4-13,15H,3,14,16H2,1-2H3,(H,28,31). The Labute approximate surface area is 191 Å². The van der Waals surface area contributed by atoms with E-state index in [2.05, 4.69) is 15.5 Å². The fourth-order valence-corrected chi connectivity index (χ4v) is 3.53. The van der Waals surface area contributed by atoms with Gasteiger partial charge in [0.25, 0.3) is 5.91 Å². The van der Waals surface area contributed by atoms with Crippen LogP contribution < -0.4 is 10.1 Å². The smallest absolute Gasteiger partial charge is 0.255 e. The van der Waals surface area contributed by atoms with Crippen LogP contribution in [0.3, 0.4) is 0 Å². The van der Waals surface area contributed by atoms with Crippen molar-refractivity contribution in [3.63, 3.8) is 0 Å². The minimum Gasteiger partial charge on any atom is -0.489 e. The first-order valence-corrected chi connectivity index (χ1v) is 10.7. The van der Waals surface area contributed by atoms with Crippen molar-refractivity contribution in [2.24, 2.45) is 0 Å². The summed E-state index contributed by atoms with van der Waals surface area (Å²) in [6.45, 7) is 5.75. The molecule has 4 rings (SSSR count). The number of rotatable bonds is 8. The van der Waals surface area contributed by atoms with Crippen molar-refractivity contribution in [2.75, 3.05) is 5.32 Å².